The Morgan fingerprint density at radius 3 is 2.77 bits per heavy atom. The van der Waals surface area contributed by atoms with E-state index in [4.69, 9.17) is 5.73 Å². The number of hydrogen-bond donors (Lipinski definition) is 4. The van der Waals surface area contributed by atoms with Gasteiger partial charge >= 0.3 is 0 Å². The number of aryl methyl sites for hydroxylation is 2. The summed E-state index contributed by atoms with van der Waals surface area (Å²) in [5, 5.41) is 13.7. The first-order chi connectivity index (χ1) is 14.6. The normalized spacial score (nSPS) is 29.3. The van der Waals surface area contributed by atoms with E-state index in [0.29, 0.717) is 23.7 Å². The largest absolute Gasteiger partial charge is 0.382 e. The molecule has 2 saturated carbocycles. The zero-order chi connectivity index (χ0) is 20.1. The van der Waals surface area contributed by atoms with E-state index in [0.717, 1.165) is 22.7 Å². The standard InChI is InChI=1S/C25H27N5/c1-11-12(2)27-18-7-8-19-23(20(11)18)21-13-3-4-14(9-13)22(21)24(28-19)15-5-6-17-16(10-15)25(26)30-29-17/h5-8,10,13-14,21-22,24,27-28H,3-4,9H2,1-2H3,(H3,26,29,30)/t13?,14?,21-,22+,24-/m0/s1. The summed E-state index contributed by atoms with van der Waals surface area (Å²) in [6.45, 7) is 4.47. The molecule has 5 atom stereocenters. The Bertz CT molecular complexity index is 1330. The molecule has 4 aromatic rings. The van der Waals surface area contributed by atoms with Gasteiger partial charge in [-0.3, -0.25) is 5.10 Å². The Morgan fingerprint density at radius 2 is 1.87 bits per heavy atom. The fraction of sp³-hybridized carbons (Fsp3) is 0.400. The molecule has 7 rings (SSSR count). The van der Waals surface area contributed by atoms with Crippen LogP contribution < -0.4 is 11.1 Å². The smallest absolute Gasteiger partial charge is 0.153 e. The van der Waals surface area contributed by atoms with Crippen LogP contribution in [0.5, 0.6) is 0 Å². The number of benzene rings is 2. The maximum atomic E-state index is 6.13. The number of aromatic nitrogens is 3. The van der Waals surface area contributed by atoms with Crippen molar-refractivity contribution in [1.29, 1.82) is 0 Å². The van der Waals surface area contributed by atoms with Crippen molar-refractivity contribution in [2.45, 2.75) is 45.1 Å². The molecule has 0 radical (unpaired) electrons. The molecule has 3 heterocycles. The molecule has 152 valence electrons. The second-order valence-electron chi connectivity index (χ2n) is 9.80. The first kappa shape index (κ1) is 16.8. The third-order valence-corrected chi connectivity index (χ3v) is 8.49. The highest BCUT2D eigenvalue weighted by atomic mass is 15.1. The summed E-state index contributed by atoms with van der Waals surface area (Å²) in [6, 6.07) is 11.5. The van der Waals surface area contributed by atoms with Gasteiger partial charge in [-0.25, -0.2) is 0 Å². The van der Waals surface area contributed by atoms with Gasteiger partial charge in [-0.05, 0) is 97.7 Å². The fourth-order valence-electron chi connectivity index (χ4n) is 7.14. The molecule has 3 aliphatic rings. The number of rotatable bonds is 1. The van der Waals surface area contributed by atoms with Gasteiger partial charge in [-0.2, -0.15) is 5.10 Å². The number of nitrogens with zero attached hydrogens (tertiary/aromatic N) is 1. The summed E-state index contributed by atoms with van der Waals surface area (Å²) in [7, 11) is 0. The molecule has 5 heteroatoms. The Kier molecular flexibility index (Phi) is 3.13. The van der Waals surface area contributed by atoms with Crippen molar-refractivity contribution in [1.82, 2.24) is 15.2 Å². The number of nitrogens with one attached hydrogen (secondary N) is 3. The molecule has 1 aliphatic heterocycles. The Labute approximate surface area is 175 Å². The summed E-state index contributed by atoms with van der Waals surface area (Å²) < 4.78 is 0. The average Bonchev–Trinajstić information content (AvgIpc) is 3.52. The maximum Gasteiger partial charge on any atom is 0.153 e. The molecule has 30 heavy (non-hydrogen) atoms. The van der Waals surface area contributed by atoms with Crippen LogP contribution >= 0.6 is 0 Å². The molecule has 5 nitrogen and oxygen atoms in total. The molecule has 2 aromatic heterocycles. The number of fused-ring (bicyclic) bond motifs is 10. The van der Waals surface area contributed by atoms with Crippen molar-refractivity contribution in [3.05, 3.63) is 52.7 Å². The van der Waals surface area contributed by atoms with Gasteiger partial charge in [0.05, 0.1) is 11.6 Å². The number of hydrogen-bond acceptors (Lipinski definition) is 3. The van der Waals surface area contributed by atoms with Crippen LogP contribution in [0, 0.1) is 31.6 Å². The van der Waals surface area contributed by atoms with Crippen molar-refractivity contribution in [3.63, 3.8) is 0 Å². The van der Waals surface area contributed by atoms with Crippen LogP contribution in [0.25, 0.3) is 21.8 Å². The summed E-state index contributed by atoms with van der Waals surface area (Å²) >= 11 is 0. The molecule has 2 unspecified atom stereocenters. The summed E-state index contributed by atoms with van der Waals surface area (Å²) in [4.78, 5) is 3.62. The highest BCUT2D eigenvalue weighted by Crippen LogP contribution is 2.64. The number of H-pyrrole nitrogens is 2. The molecule has 2 bridgehead atoms. The lowest BCUT2D eigenvalue weighted by molar-refractivity contribution is 0.249. The monoisotopic (exact) mass is 397 g/mol. The summed E-state index contributed by atoms with van der Waals surface area (Å²) in [5.74, 6) is 3.49. The van der Waals surface area contributed by atoms with E-state index in [1.165, 1.54) is 52.7 Å². The summed E-state index contributed by atoms with van der Waals surface area (Å²) in [5.41, 5.74) is 15.4. The first-order valence-corrected chi connectivity index (χ1v) is 11.2. The third-order valence-electron chi connectivity index (χ3n) is 8.49. The van der Waals surface area contributed by atoms with E-state index < -0.39 is 0 Å². The quantitative estimate of drug-likeness (QED) is 0.340. The number of nitrogen functional groups attached to an aromatic ring is 1. The van der Waals surface area contributed by atoms with Crippen molar-refractivity contribution in [2.24, 2.45) is 17.8 Å². The number of nitrogens with two attached hydrogens (primary N) is 1. The minimum Gasteiger partial charge on any atom is -0.382 e. The molecule has 2 aliphatic carbocycles. The highest BCUT2D eigenvalue weighted by Gasteiger charge is 2.54. The van der Waals surface area contributed by atoms with Crippen LogP contribution in [0.15, 0.2) is 30.3 Å². The average molecular weight is 398 g/mol. The maximum absolute atomic E-state index is 6.13. The predicted molar refractivity (Wildman–Crippen MR) is 122 cm³/mol. The van der Waals surface area contributed by atoms with Crippen LogP contribution in [0.2, 0.25) is 0 Å². The van der Waals surface area contributed by atoms with Crippen molar-refractivity contribution < 1.29 is 0 Å². The van der Waals surface area contributed by atoms with Crippen molar-refractivity contribution in [2.75, 3.05) is 11.1 Å². The Balaban J connectivity index is 1.45. The van der Waals surface area contributed by atoms with E-state index in [1.807, 2.05) is 0 Å². The molecule has 5 N–H and O–H groups in total. The zero-order valence-corrected chi connectivity index (χ0v) is 17.4. The minimum absolute atomic E-state index is 0.328. The molecule has 0 saturated heterocycles. The minimum atomic E-state index is 0.328. The molecule has 0 spiro atoms. The van der Waals surface area contributed by atoms with Gasteiger partial charge in [0.2, 0.25) is 0 Å². The van der Waals surface area contributed by atoms with Gasteiger partial charge in [0, 0.05) is 27.7 Å². The molecule has 0 amide bonds. The van der Waals surface area contributed by atoms with E-state index in [9.17, 15) is 0 Å². The van der Waals surface area contributed by atoms with Gasteiger partial charge in [0.15, 0.2) is 5.82 Å². The highest BCUT2D eigenvalue weighted by molar-refractivity contribution is 5.93. The number of aromatic amines is 2. The van der Waals surface area contributed by atoms with Crippen LogP contribution in [0.1, 0.15) is 53.6 Å². The van der Waals surface area contributed by atoms with Gasteiger partial charge in [0.25, 0.3) is 0 Å². The van der Waals surface area contributed by atoms with Crippen LogP contribution in [-0.4, -0.2) is 15.2 Å². The zero-order valence-electron chi connectivity index (χ0n) is 17.4. The van der Waals surface area contributed by atoms with Crippen molar-refractivity contribution >= 4 is 33.3 Å². The van der Waals surface area contributed by atoms with E-state index in [1.54, 1.807) is 5.56 Å². The number of anilines is 2. The Morgan fingerprint density at radius 1 is 1.03 bits per heavy atom. The van der Waals surface area contributed by atoms with E-state index in [-0.39, 0.29) is 0 Å². The van der Waals surface area contributed by atoms with Gasteiger partial charge < -0.3 is 16.0 Å². The van der Waals surface area contributed by atoms with Gasteiger partial charge in [-0.15, -0.1) is 0 Å². The lowest BCUT2D eigenvalue weighted by Gasteiger charge is -2.44. The van der Waals surface area contributed by atoms with E-state index in [2.05, 4.69) is 64.7 Å². The third kappa shape index (κ3) is 2.00. The molecular formula is C25H27N5. The second-order valence-corrected chi connectivity index (χ2v) is 9.80. The van der Waals surface area contributed by atoms with Crippen molar-refractivity contribution in [3.8, 4) is 0 Å². The second kappa shape index (κ2) is 5.60. The van der Waals surface area contributed by atoms with Crippen LogP contribution in [0.3, 0.4) is 0 Å². The SMILES string of the molecule is Cc1[nH]c2ccc3c(c2c1C)[C@H]1C2CCC(C2)[C@H]1[C@H](c1ccc2[nH]nc(N)c2c1)N3. The van der Waals surface area contributed by atoms with Gasteiger partial charge in [0.1, 0.15) is 0 Å². The van der Waals surface area contributed by atoms with Crippen LogP contribution in [0.4, 0.5) is 11.5 Å². The topological polar surface area (TPSA) is 82.5 Å². The molecular weight excluding hydrogens is 370 g/mol. The summed E-state index contributed by atoms with van der Waals surface area (Å²) in [6.07, 6.45) is 4.13. The van der Waals surface area contributed by atoms with Crippen LogP contribution in [-0.2, 0) is 0 Å². The van der Waals surface area contributed by atoms with E-state index >= 15 is 0 Å². The van der Waals surface area contributed by atoms with Gasteiger partial charge in [-0.1, -0.05) is 6.07 Å². The fourth-order valence-corrected chi connectivity index (χ4v) is 7.14. The molecule has 2 aromatic carbocycles. The molecule has 2 fully saturated rings. The Hall–Kier alpha value is -2.95. The first-order valence-electron chi connectivity index (χ1n) is 11.2. The lowest BCUT2D eigenvalue weighted by atomic mass is 9.67. The lowest BCUT2D eigenvalue weighted by Crippen LogP contribution is -2.35. The predicted octanol–water partition coefficient (Wildman–Crippen LogP) is 5.54.